The van der Waals surface area contributed by atoms with E-state index in [1.807, 2.05) is 6.92 Å². The molecule has 0 saturated heterocycles. The highest BCUT2D eigenvalue weighted by Crippen LogP contribution is 2.37. The quantitative estimate of drug-likeness (QED) is 0.734. The number of carboxylic acid groups (broad SMARTS) is 1. The van der Waals surface area contributed by atoms with Crippen LogP contribution in [0.3, 0.4) is 0 Å². The minimum absolute atomic E-state index is 0.102. The number of hydrogen-bond acceptors (Lipinski definition) is 5. The molecule has 1 aromatic heterocycles. The summed E-state index contributed by atoms with van der Waals surface area (Å²) in [6.45, 7) is 2.05. The molecule has 0 bridgehead atoms. The van der Waals surface area contributed by atoms with Crippen LogP contribution in [0.2, 0.25) is 0 Å². The van der Waals surface area contributed by atoms with Crippen molar-refractivity contribution in [3.63, 3.8) is 0 Å². The molecule has 1 atom stereocenters. The Morgan fingerprint density at radius 2 is 2.18 bits per heavy atom. The zero-order valence-corrected chi connectivity index (χ0v) is 12.7. The maximum atomic E-state index is 14.0. The van der Waals surface area contributed by atoms with E-state index in [1.54, 1.807) is 6.07 Å². The van der Waals surface area contributed by atoms with Gasteiger partial charge < -0.3 is 15.7 Å². The van der Waals surface area contributed by atoms with E-state index in [-0.39, 0.29) is 11.4 Å². The molecule has 8 heteroatoms. The average molecular weight is 322 g/mol. The first-order valence-electron chi connectivity index (χ1n) is 6.85. The fraction of sp³-hybridized carbons (Fsp3) is 0.286. The summed E-state index contributed by atoms with van der Waals surface area (Å²) in [6, 6.07) is 3.21. The lowest BCUT2D eigenvalue weighted by molar-refractivity contribution is 0.0696. The standard InChI is InChI=1S/C14H15FN4O2S/c1-2-3-22-12-5-11-10(4-9(12)15)17-14(18-11)19-7-8(6-16-19)13(20)21/h4-7,14,17-18H,2-3H2,1H3,(H,20,21). The Balaban J connectivity index is 1.81. The highest BCUT2D eigenvalue weighted by molar-refractivity contribution is 7.99. The third-order valence-corrected chi connectivity index (χ3v) is 4.47. The summed E-state index contributed by atoms with van der Waals surface area (Å²) >= 11 is 1.48. The van der Waals surface area contributed by atoms with Crippen LogP contribution in [0, 0.1) is 5.82 Å². The monoisotopic (exact) mass is 322 g/mol. The molecule has 22 heavy (non-hydrogen) atoms. The molecule has 2 heterocycles. The van der Waals surface area contributed by atoms with E-state index in [9.17, 15) is 9.18 Å². The highest BCUT2D eigenvalue weighted by atomic mass is 32.2. The molecular weight excluding hydrogens is 307 g/mol. The average Bonchev–Trinajstić information content (AvgIpc) is 3.10. The lowest BCUT2D eigenvalue weighted by Gasteiger charge is -2.12. The van der Waals surface area contributed by atoms with E-state index in [0.29, 0.717) is 10.6 Å². The van der Waals surface area contributed by atoms with Crippen molar-refractivity contribution in [2.75, 3.05) is 16.4 Å². The van der Waals surface area contributed by atoms with Gasteiger partial charge in [0.2, 0.25) is 0 Å². The topological polar surface area (TPSA) is 79.2 Å². The zero-order valence-electron chi connectivity index (χ0n) is 11.8. The van der Waals surface area contributed by atoms with Gasteiger partial charge in [-0.1, -0.05) is 6.92 Å². The largest absolute Gasteiger partial charge is 0.478 e. The van der Waals surface area contributed by atoms with Crippen LogP contribution in [0.1, 0.15) is 30.0 Å². The number of carbonyl (C=O) groups is 1. The van der Waals surface area contributed by atoms with Gasteiger partial charge in [0, 0.05) is 17.2 Å². The van der Waals surface area contributed by atoms with Crippen LogP contribution in [0.4, 0.5) is 15.8 Å². The number of anilines is 2. The Morgan fingerprint density at radius 3 is 2.82 bits per heavy atom. The maximum Gasteiger partial charge on any atom is 0.338 e. The van der Waals surface area contributed by atoms with Gasteiger partial charge in [-0.3, -0.25) is 0 Å². The Labute approximate surface area is 130 Å². The Morgan fingerprint density at radius 1 is 1.45 bits per heavy atom. The van der Waals surface area contributed by atoms with E-state index in [4.69, 9.17) is 5.11 Å². The van der Waals surface area contributed by atoms with Crippen LogP contribution in [-0.4, -0.2) is 26.6 Å². The van der Waals surface area contributed by atoms with Gasteiger partial charge in [0.15, 0.2) is 6.29 Å². The molecule has 0 amide bonds. The van der Waals surface area contributed by atoms with Gasteiger partial charge in [0.25, 0.3) is 0 Å². The van der Waals surface area contributed by atoms with Crippen LogP contribution in [0.25, 0.3) is 0 Å². The number of aromatic carboxylic acids is 1. The van der Waals surface area contributed by atoms with Crippen molar-refractivity contribution in [3.8, 4) is 0 Å². The number of rotatable bonds is 5. The molecule has 1 aliphatic heterocycles. The van der Waals surface area contributed by atoms with Crippen molar-refractivity contribution in [2.45, 2.75) is 24.5 Å². The number of thioether (sulfide) groups is 1. The van der Waals surface area contributed by atoms with Crippen LogP contribution < -0.4 is 10.6 Å². The summed E-state index contributed by atoms with van der Waals surface area (Å²) in [7, 11) is 0. The van der Waals surface area contributed by atoms with Crippen molar-refractivity contribution >= 4 is 29.1 Å². The molecule has 0 saturated carbocycles. The minimum atomic E-state index is -1.04. The Bertz CT molecular complexity index is 719. The molecule has 3 rings (SSSR count). The molecular formula is C14H15FN4O2S. The summed E-state index contributed by atoms with van der Waals surface area (Å²) in [5.41, 5.74) is 1.51. The Hall–Kier alpha value is -2.22. The smallest absolute Gasteiger partial charge is 0.338 e. The molecule has 1 aromatic carbocycles. The van der Waals surface area contributed by atoms with Gasteiger partial charge in [-0.2, -0.15) is 5.10 Å². The third-order valence-electron chi connectivity index (χ3n) is 3.23. The molecule has 116 valence electrons. The fourth-order valence-electron chi connectivity index (χ4n) is 2.17. The van der Waals surface area contributed by atoms with Crippen molar-refractivity contribution in [2.24, 2.45) is 0 Å². The minimum Gasteiger partial charge on any atom is -0.478 e. The second kappa shape index (κ2) is 5.88. The van der Waals surface area contributed by atoms with Crippen LogP contribution in [-0.2, 0) is 0 Å². The van der Waals surface area contributed by atoms with Crippen LogP contribution in [0.5, 0.6) is 0 Å². The van der Waals surface area contributed by atoms with Gasteiger partial charge in [-0.05, 0) is 18.2 Å². The highest BCUT2D eigenvalue weighted by Gasteiger charge is 2.24. The summed E-state index contributed by atoms with van der Waals surface area (Å²) in [5, 5.41) is 19.2. The summed E-state index contributed by atoms with van der Waals surface area (Å²) in [6.07, 6.45) is 3.23. The third kappa shape index (κ3) is 2.74. The molecule has 0 spiro atoms. The zero-order chi connectivity index (χ0) is 15.7. The molecule has 0 aliphatic carbocycles. The number of fused-ring (bicyclic) bond motifs is 1. The van der Waals surface area contributed by atoms with Crippen molar-refractivity contribution < 1.29 is 14.3 Å². The number of carboxylic acids is 1. The summed E-state index contributed by atoms with van der Waals surface area (Å²) < 4.78 is 15.5. The van der Waals surface area contributed by atoms with Crippen molar-refractivity contribution in [3.05, 3.63) is 35.9 Å². The molecule has 3 N–H and O–H groups in total. The number of hydrogen-bond donors (Lipinski definition) is 3. The molecule has 1 unspecified atom stereocenters. The predicted molar refractivity (Wildman–Crippen MR) is 82.9 cm³/mol. The predicted octanol–water partition coefficient (Wildman–Crippen LogP) is 3.22. The molecule has 2 aromatic rings. The fourth-order valence-corrected chi connectivity index (χ4v) is 2.99. The first kappa shape index (κ1) is 14.7. The molecule has 1 aliphatic rings. The first-order valence-corrected chi connectivity index (χ1v) is 7.84. The lowest BCUT2D eigenvalue weighted by atomic mass is 10.3. The molecule has 0 fully saturated rings. The van der Waals surface area contributed by atoms with Crippen molar-refractivity contribution in [1.29, 1.82) is 0 Å². The van der Waals surface area contributed by atoms with E-state index < -0.39 is 12.3 Å². The van der Waals surface area contributed by atoms with Gasteiger partial charge in [-0.25, -0.2) is 13.9 Å². The van der Waals surface area contributed by atoms with Gasteiger partial charge >= 0.3 is 5.97 Å². The normalized spacial score (nSPS) is 16.0. The second-order valence-electron chi connectivity index (χ2n) is 4.88. The van der Waals surface area contributed by atoms with E-state index >= 15 is 0 Å². The number of nitrogens with one attached hydrogen (secondary N) is 2. The Kier molecular flexibility index (Phi) is 3.93. The van der Waals surface area contributed by atoms with Crippen LogP contribution >= 0.6 is 11.8 Å². The van der Waals surface area contributed by atoms with E-state index in [1.165, 1.54) is 34.9 Å². The van der Waals surface area contributed by atoms with Gasteiger partial charge in [0.05, 0.1) is 23.1 Å². The first-order chi connectivity index (χ1) is 10.6. The molecule has 6 nitrogen and oxygen atoms in total. The number of nitrogens with zero attached hydrogens (tertiary/aromatic N) is 2. The number of aromatic nitrogens is 2. The number of benzene rings is 1. The van der Waals surface area contributed by atoms with Gasteiger partial charge in [-0.15, -0.1) is 11.8 Å². The molecule has 0 radical (unpaired) electrons. The second-order valence-corrected chi connectivity index (χ2v) is 6.02. The lowest BCUT2D eigenvalue weighted by Crippen LogP contribution is -2.20. The summed E-state index contributed by atoms with van der Waals surface area (Å²) in [5.74, 6) is -0.446. The number of halogens is 1. The maximum absolute atomic E-state index is 14.0. The van der Waals surface area contributed by atoms with Gasteiger partial charge in [0.1, 0.15) is 5.82 Å². The van der Waals surface area contributed by atoms with E-state index in [0.717, 1.165) is 17.9 Å². The van der Waals surface area contributed by atoms with Crippen molar-refractivity contribution in [1.82, 2.24) is 9.78 Å². The SMILES string of the molecule is CCCSc1cc2c(cc1F)NC(n1cc(C(=O)O)cn1)N2. The van der Waals surface area contributed by atoms with E-state index in [2.05, 4.69) is 15.7 Å². The summed E-state index contributed by atoms with van der Waals surface area (Å²) in [4.78, 5) is 11.5. The van der Waals surface area contributed by atoms with Crippen LogP contribution in [0.15, 0.2) is 29.4 Å².